The second kappa shape index (κ2) is 3.84. The average Bonchev–Trinajstić information content (AvgIpc) is 2.63. The van der Waals surface area contributed by atoms with Gasteiger partial charge in [0, 0.05) is 6.54 Å². The van der Waals surface area contributed by atoms with Crippen LogP contribution in [0.4, 0.5) is 0 Å². The van der Waals surface area contributed by atoms with Crippen LogP contribution in [0.5, 0.6) is 0 Å². The van der Waals surface area contributed by atoms with E-state index in [1.54, 1.807) is 0 Å². The van der Waals surface area contributed by atoms with Crippen molar-refractivity contribution in [3.8, 4) is 0 Å². The highest BCUT2D eigenvalue weighted by atomic mass is 16.2. The normalized spacial score (nSPS) is 25.8. The molecule has 0 saturated heterocycles. The fourth-order valence-corrected chi connectivity index (χ4v) is 2.26. The number of nitrogens with zero attached hydrogens (tertiary/aromatic N) is 1. The Labute approximate surface area is 91.4 Å². The molecule has 0 aromatic heterocycles. The molecule has 2 rings (SSSR count). The van der Waals surface area contributed by atoms with E-state index >= 15 is 0 Å². The van der Waals surface area contributed by atoms with E-state index < -0.39 is 7.05 Å². The van der Waals surface area contributed by atoms with E-state index in [-0.39, 0.29) is 5.54 Å². The predicted octanol–water partition coefficient (Wildman–Crippen LogP) is 1.88. The zero-order valence-electron chi connectivity index (χ0n) is 9.22. The minimum absolute atomic E-state index is 0.171. The molecule has 3 heteroatoms. The first kappa shape index (κ1) is 10.5. The Morgan fingerprint density at radius 2 is 2.00 bits per heavy atom. The number of benzene rings is 1. The largest absolute Gasteiger partial charge is 0.437 e. The molecule has 1 aromatic rings. The molecule has 0 spiro atoms. The van der Waals surface area contributed by atoms with Gasteiger partial charge in [0.05, 0.1) is 5.54 Å². The fraction of sp³-hybridized carbons (Fsp3) is 0.333. The summed E-state index contributed by atoms with van der Waals surface area (Å²) in [5.41, 5.74) is 1.05. The maximum atomic E-state index is 9.74. The molecule has 78 valence electrons. The lowest BCUT2D eigenvalue weighted by molar-refractivity contribution is 0.272. The van der Waals surface area contributed by atoms with E-state index in [2.05, 4.69) is 36.0 Å². The molecule has 0 amide bonds. The van der Waals surface area contributed by atoms with Crippen LogP contribution in [-0.4, -0.2) is 23.4 Å². The topological polar surface area (TPSA) is 23.5 Å². The Hall–Kier alpha value is -1.06. The monoisotopic (exact) mass is 201 g/mol. The standard InChI is InChI=1S/C12H16BNO/c1-12(11-7-4-3-5-8-11)9-6-10-14(12)13(2)15/h3-9,15H,10H2,1-2H3. The molecule has 1 N–H and O–H groups in total. The summed E-state index contributed by atoms with van der Waals surface area (Å²) in [4.78, 5) is 2.07. The second-order valence-electron chi connectivity index (χ2n) is 4.20. The molecule has 0 radical (unpaired) electrons. The summed E-state index contributed by atoms with van der Waals surface area (Å²) in [6, 6.07) is 10.3. The van der Waals surface area contributed by atoms with Crippen molar-refractivity contribution >= 4 is 7.05 Å². The Morgan fingerprint density at radius 3 is 2.60 bits per heavy atom. The van der Waals surface area contributed by atoms with Gasteiger partial charge in [-0.05, 0) is 19.3 Å². The fourth-order valence-electron chi connectivity index (χ4n) is 2.26. The van der Waals surface area contributed by atoms with Gasteiger partial charge in [-0.15, -0.1) is 0 Å². The van der Waals surface area contributed by atoms with Crippen LogP contribution in [0.2, 0.25) is 6.82 Å². The van der Waals surface area contributed by atoms with E-state index in [1.807, 2.05) is 25.0 Å². The highest BCUT2D eigenvalue weighted by Gasteiger charge is 2.37. The second-order valence-corrected chi connectivity index (χ2v) is 4.20. The highest BCUT2D eigenvalue weighted by molar-refractivity contribution is 6.45. The van der Waals surface area contributed by atoms with E-state index in [0.29, 0.717) is 0 Å². The van der Waals surface area contributed by atoms with Crippen LogP contribution in [0.1, 0.15) is 12.5 Å². The minimum Gasteiger partial charge on any atom is -0.437 e. The van der Waals surface area contributed by atoms with Gasteiger partial charge in [-0.3, -0.25) is 0 Å². The molecular formula is C12H16BNO. The van der Waals surface area contributed by atoms with E-state index in [0.717, 1.165) is 6.54 Å². The van der Waals surface area contributed by atoms with Crippen molar-refractivity contribution in [1.29, 1.82) is 0 Å². The third-order valence-electron chi connectivity index (χ3n) is 3.15. The number of hydrogen-bond donors (Lipinski definition) is 1. The van der Waals surface area contributed by atoms with Crippen LogP contribution in [0.25, 0.3) is 0 Å². The smallest absolute Gasteiger partial charge is 0.377 e. The van der Waals surface area contributed by atoms with Crippen LogP contribution in [0.15, 0.2) is 42.5 Å². The lowest BCUT2D eigenvalue weighted by Crippen LogP contribution is -2.47. The third kappa shape index (κ3) is 1.73. The zero-order valence-corrected chi connectivity index (χ0v) is 9.22. The Balaban J connectivity index is 2.37. The van der Waals surface area contributed by atoms with Crippen molar-refractivity contribution in [2.45, 2.75) is 19.3 Å². The van der Waals surface area contributed by atoms with Crippen LogP contribution in [-0.2, 0) is 5.54 Å². The molecule has 1 aliphatic rings. The molecule has 15 heavy (non-hydrogen) atoms. The lowest BCUT2D eigenvalue weighted by atomic mass is 9.77. The molecule has 0 bridgehead atoms. The van der Waals surface area contributed by atoms with Gasteiger partial charge in [0.15, 0.2) is 0 Å². The highest BCUT2D eigenvalue weighted by Crippen LogP contribution is 2.33. The summed E-state index contributed by atoms with van der Waals surface area (Å²) in [6.07, 6.45) is 4.27. The van der Waals surface area contributed by atoms with Crippen LogP contribution >= 0.6 is 0 Å². The summed E-state index contributed by atoms with van der Waals surface area (Å²) in [7, 11) is -0.426. The molecule has 1 atom stereocenters. The SMILES string of the molecule is CB(O)N1CC=CC1(C)c1ccccc1. The van der Waals surface area contributed by atoms with Crippen LogP contribution in [0, 0.1) is 0 Å². The molecule has 1 aromatic carbocycles. The minimum atomic E-state index is -0.426. The summed E-state index contributed by atoms with van der Waals surface area (Å²) in [5, 5.41) is 9.74. The zero-order chi connectivity index (χ0) is 10.9. The third-order valence-corrected chi connectivity index (χ3v) is 3.15. The van der Waals surface area contributed by atoms with E-state index in [1.165, 1.54) is 5.56 Å². The first-order chi connectivity index (χ1) is 7.14. The molecule has 0 aliphatic carbocycles. The lowest BCUT2D eigenvalue weighted by Gasteiger charge is -2.36. The van der Waals surface area contributed by atoms with Crippen LogP contribution < -0.4 is 0 Å². The molecule has 2 nitrogen and oxygen atoms in total. The van der Waals surface area contributed by atoms with Gasteiger partial charge in [0.25, 0.3) is 0 Å². The molecule has 1 unspecified atom stereocenters. The van der Waals surface area contributed by atoms with Gasteiger partial charge in [-0.2, -0.15) is 0 Å². The van der Waals surface area contributed by atoms with E-state index in [9.17, 15) is 5.02 Å². The predicted molar refractivity (Wildman–Crippen MR) is 63.5 cm³/mol. The Morgan fingerprint density at radius 1 is 1.33 bits per heavy atom. The van der Waals surface area contributed by atoms with Crippen molar-refractivity contribution < 1.29 is 5.02 Å². The number of rotatable bonds is 2. The molecular weight excluding hydrogens is 185 g/mol. The summed E-state index contributed by atoms with van der Waals surface area (Å²) in [6.45, 7) is 4.76. The molecule has 1 heterocycles. The molecule has 1 aliphatic heterocycles. The van der Waals surface area contributed by atoms with Gasteiger partial charge in [0.1, 0.15) is 0 Å². The number of hydrogen-bond acceptors (Lipinski definition) is 2. The summed E-state index contributed by atoms with van der Waals surface area (Å²) >= 11 is 0. The van der Waals surface area contributed by atoms with Crippen molar-refractivity contribution in [3.63, 3.8) is 0 Å². The van der Waals surface area contributed by atoms with Gasteiger partial charge >= 0.3 is 7.05 Å². The quantitative estimate of drug-likeness (QED) is 0.583. The Kier molecular flexibility index (Phi) is 2.68. The van der Waals surface area contributed by atoms with Crippen molar-refractivity contribution in [2.24, 2.45) is 0 Å². The first-order valence-corrected chi connectivity index (χ1v) is 5.32. The van der Waals surface area contributed by atoms with Gasteiger partial charge < -0.3 is 9.83 Å². The van der Waals surface area contributed by atoms with E-state index in [4.69, 9.17) is 0 Å². The average molecular weight is 201 g/mol. The molecule has 0 fully saturated rings. The van der Waals surface area contributed by atoms with Gasteiger partial charge in [-0.25, -0.2) is 0 Å². The summed E-state index contributed by atoms with van der Waals surface area (Å²) in [5.74, 6) is 0. The van der Waals surface area contributed by atoms with Gasteiger partial charge in [0.2, 0.25) is 0 Å². The maximum absolute atomic E-state index is 9.74. The maximum Gasteiger partial charge on any atom is 0.377 e. The summed E-state index contributed by atoms with van der Waals surface area (Å²) < 4.78 is 0. The van der Waals surface area contributed by atoms with Crippen molar-refractivity contribution in [2.75, 3.05) is 6.54 Å². The van der Waals surface area contributed by atoms with Crippen molar-refractivity contribution in [1.82, 2.24) is 4.81 Å². The Bertz CT molecular complexity index is 363. The van der Waals surface area contributed by atoms with Gasteiger partial charge in [-0.1, -0.05) is 42.5 Å². The first-order valence-electron chi connectivity index (χ1n) is 5.32. The molecule has 0 saturated carbocycles. The van der Waals surface area contributed by atoms with Crippen LogP contribution in [0.3, 0.4) is 0 Å². The van der Waals surface area contributed by atoms with Crippen molar-refractivity contribution in [3.05, 3.63) is 48.0 Å².